The molecular weight excluding hydrogens is 228 g/mol. The van der Waals surface area contributed by atoms with E-state index in [1.165, 1.54) is 12.8 Å². The Morgan fingerprint density at radius 2 is 1.67 bits per heavy atom. The molecule has 0 aliphatic rings. The summed E-state index contributed by atoms with van der Waals surface area (Å²) >= 11 is 0. The minimum absolute atomic E-state index is 0.234. The maximum Gasteiger partial charge on any atom is 0.0589 e. The van der Waals surface area contributed by atoms with Gasteiger partial charge in [-0.05, 0) is 25.7 Å². The summed E-state index contributed by atoms with van der Waals surface area (Å²) < 4.78 is 10.3. The summed E-state index contributed by atoms with van der Waals surface area (Å²) in [4.78, 5) is 2.47. The largest absolute Gasteiger partial charge is 0.385 e. The molecule has 1 unspecified atom stereocenters. The highest BCUT2D eigenvalue weighted by molar-refractivity contribution is 4.74. The lowest BCUT2D eigenvalue weighted by atomic mass is 10.1. The highest BCUT2D eigenvalue weighted by Crippen LogP contribution is 2.10. The van der Waals surface area contributed by atoms with E-state index in [0.717, 1.165) is 39.1 Å². The smallest absolute Gasteiger partial charge is 0.0589 e. The number of ether oxygens (including phenoxy) is 2. The van der Waals surface area contributed by atoms with E-state index in [1.54, 1.807) is 14.2 Å². The molecule has 0 aromatic rings. The van der Waals surface area contributed by atoms with Gasteiger partial charge in [0.05, 0.1) is 6.61 Å². The van der Waals surface area contributed by atoms with Gasteiger partial charge in [-0.1, -0.05) is 13.8 Å². The number of methoxy groups -OCH3 is 2. The molecular formula is C14H32N2O2. The summed E-state index contributed by atoms with van der Waals surface area (Å²) in [6, 6.07) is 0.853. The molecule has 0 aliphatic carbocycles. The number of nitrogens with two attached hydrogens (primary N) is 1. The predicted molar refractivity (Wildman–Crippen MR) is 76.9 cm³/mol. The van der Waals surface area contributed by atoms with Crippen LogP contribution in [-0.4, -0.2) is 57.5 Å². The third-order valence-electron chi connectivity index (χ3n) is 3.43. The third kappa shape index (κ3) is 8.03. The van der Waals surface area contributed by atoms with Gasteiger partial charge in [0.1, 0.15) is 0 Å². The SMILES string of the molecule is CCC(CC)N(CCOC)CC(N)CCCOC. The van der Waals surface area contributed by atoms with Crippen molar-refractivity contribution in [1.29, 1.82) is 0 Å². The molecule has 110 valence electrons. The third-order valence-corrected chi connectivity index (χ3v) is 3.43. The van der Waals surface area contributed by atoms with Crippen molar-refractivity contribution >= 4 is 0 Å². The van der Waals surface area contributed by atoms with Crippen LogP contribution >= 0.6 is 0 Å². The first-order valence-corrected chi connectivity index (χ1v) is 7.17. The fraction of sp³-hybridized carbons (Fsp3) is 1.00. The van der Waals surface area contributed by atoms with Gasteiger partial charge in [0, 0.05) is 46.0 Å². The van der Waals surface area contributed by atoms with Gasteiger partial charge in [-0.25, -0.2) is 0 Å². The molecule has 0 amide bonds. The van der Waals surface area contributed by atoms with E-state index in [0.29, 0.717) is 6.04 Å². The van der Waals surface area contributed by atoms with Crippen molar-refractivity contribution in [2.75, 3.05) is 40.5 Å². The summed E-state index contributed by atoms with van der Waals surface area (Å²) in [7, 11) is 3.49. The summed E-state index contributed by atoms with van der Waals surface area (Å²) in [6.07, 6.45) is 4.41. The molecule has 0 radical (unpaired) electrons. The van der Waals surface area contributed by atoms with Crippen LogP contribution in [0.1, 0.15) is 39.5 Å². The normalized spacial score (nSPS) is 13.5. The van der Waals surface area contributed by atoms with Crippen molar-refractivity contribution in [2.45, 2.75) is 51.6 Å². The van der Waals surface area contributed by atoms with E-state index < -0.39 is 0 Å². The van der Waals surface area contributed by atoms with Crippen molar-refractivity contribution in [2.24, 2.45) is 5.73 Å². The lowest BCUT2D eigenvalue weighted by Crippen LogP contribution is -2.44. The minimum atomic E-state index is 0.234. The topological polar surface area (TPSA) is 47.7 Å². The molecule has 0 saturated heterocycles. The first kappa shape index (κ1) is 17.8. The van der Waals surface area contributed by atoms with Gasteiger partial charge in [-0.2, -0.15) is 0 Å². The molecule has 0 aliphatic heterocycles. The second kappa shape index (κ2) is 11.9. The molecule has 0 rings (SSSR count). The van der Waals surface area contributed by atoms with Crippen LogP contribution in [0.2, 0.25) is 0 Å². The van der Waals surface area contributed by atoms with Gasteiger partial charge in [-0.3, -0.25) is 4.90 Å². The number of rotatable bonds is 12. The highest BCUT2D eigenvalue weighted by atomic mass is 16.5. The van der Waals surface area contributed by atoms with E-state index in [-0.39, 0.29) is 6.04 Å². The van der Waals surface area contributed by atoms with E-state index >= 15 is 0 Å². The lowest BCUT2D eigenvalue weighted by molar-refractivity contribution is 0.107. The highest BCUT2D eigenvalue weighted by Gasteiger charge is 2.17. The molecule has 0 aromatic heterocycles. The Morgan fingerprint density at radius 3 is 2.17 bits per heavy atom. The Balaban J connectivity index is 4.11. The maximum atomic E-state index is 6.20. The van der Waals surface area contributed by atoms with Crippen molar-refractivity contribution < 1.29 is 9.47 Å². The summed E-state index contributed by atoms with van der Waals surface area (Å²) in [5.74, 6) is 0. The van der Waals surface area contributed by atoms with Gasteiger partial charge in [0.2, 0.25) is 0 Å². The Morgan fingerprint density at radius 1 is 1.06 bits per heavy atom. The predicted octanol–water partition coefficient (Wildman–Crippen LogP) is 1.88. The first-order valence-electron chi connectivity index (χ1n) is 7.17. The van der Waals surface area contributed by atoms with E-state index in [2.05, 4.69) is 18.7 Å². The van der Waals surface area contributed by atoms with Gasteiger partial charge >= 0.3 is 0 Å². The standard InChI is InChI=1S/C14H32N2O2/c1-5-14(6-2)16(9-11-18-4)12-13(15)8-7-10-17-3/h13-14H,5-12,15H2,1-4H3. The maximum absolute atomic E-state index is 6.20. The second-order valence-electron chi connectivity index (χ2n) is 4.85. The van der Waals surface area contributed by atoms with E-state index in [4.69, 9.17) is 15.2 Å². The monoisotopic (exact) mass is 260 g/mol. The Hall–Kier alpha value is -0.160. The summed E-state index contributed by atoms with van der Waals surface area (Å²) in [5.41, 5.74) is 6.20. The van der Waals surface area contributed by atoms with Gasteiger partial charge in [-0.15, -0.1) is 0 Å². The molecule has 4 nitrogen and oxygen atoms in total. The van der Waals surface area contributed by atoms with Crippen LogP contribution in [0.3, 0.4) is 0 Å². The van der Waals surface area contributed by atoms with Gasteiger partial charge in [0.25, 0.3) is 0 Å². The fourth-order valence-corrected chi connectivity index (χ4v) is 2.32. The minimum Gasteiger partial charge on any atom is -0.385 e. The van der Waals surface area contributed by atoms with Crippen LogP contribution < -0.4 is 5.73 Å². The van der Waals surface area contributed by atoms with E-state index in [1.807, 2.05) is 0 Å². The van der Waals surface area contributed by atoms with Crippen LogP contribution in [-0.2, 0) is 9.47 Å². The van der Waals surface area contributed by atoms with Crippen molar-refractivity contribution in [1.82, 2.24) is 4.90 Å². The Labute approximate surface area is 113 Å². The zero-order chi connectivity index (χ0) is 13.8. The average Bonchev–Trinajstić information content (AvgIpc) is 2.37. The molecule has 18 heavy (non-hydrogen) atoms. The van der Waals surface area contributed by atoms with Crippen LogP contribution in [0.25, 0.3) is 0 Å². The second-order valence-corrected chi connectivity index (χ2v) is 4.85. The quantitative estimate of drug-likeness (QED) is 0.544. The van der Waals surface area contributed by atoms with Crippen LogP contribution in [0.5, 0.6) is 0 Å². The molecule has 1 atom stereocenters. The molecule has 0 aromatic carbocycles. The first-order chi connectivity index (χ1) is 8.69. The number of hydrogen-bond acceptors (Lipinski definition) is 4. The molecule has 2 N–H and O–H groups in total. The van der Waals surface area contributed by atoms with E-state index in [9.17, 15) is 0 Å². The van der Waals surface area contributed by atoms with Gasteiger partial charge in [0.15, 0.2) is 0 Å². The zero-order valence-electron chi connectivity index (χ0n) is 12.7. The zero-order valence-corrected chi connectivity index (χ0v) is 12.7. The van der Waals surface area contributed by atoms with Gasteiger partial charge < -0.3 is 15.2 Å². The van der Waals surface area contributed by atoms with Crippen molar-refractivity contribution in [3.05, 3.63) is 0 Å². The summed E-state index contributed by atoms with van der Waals surface area (Å²) in [6.45, 7) is 7.99. The number of nitrogens with zero attached hydrogens (tertiary/aromatic N) is 1. The molecule has 0 bridgehead atoms. The number of hydrogen-bond donors (Lipinski definition) is 1. The Bertz CT molecular complexity index is 175. The Kier molecular flexibility index (Phi) is 11.8. The fourth-order valence-electron chi connectivity index (χ4n) is 2.32. The average molecular weight is 260 g/mol. The van der Waals surface area contributed by atoms with Crippen LogP contribution in [0, 0.1) is 0 Å². The lowest BCUT2D eigenvalue weighted by Gasteiger charge is -2.32. The molecule has 0 spiro atoms. The molecule has 4 heteroatoms. The molecule has 0 saturated carbocycles. The van der Waals surface area contributed by atoms with Crippen LogP contribution in [0.4, 0.5) is 0 Å². The van der Waals surface area contributed by atoms with Crippen LogP contribution in [0.15, 0.2) is 0 Å². The van der Waals surface area contributed by atoms with Crippen molar-refractivity contribution in [3.63, 3.8) is 0 Å². The molecule has 0 heterocycles. The summed E-state index contributed by atoms with van der Waals surface area (Å²) in [5, 5.41) is 0. The molecule has 0 fully saturated rings. The van der Waals surface area contributed by atoms with Crippen molar-refractivity contribution in [3.8, 4) is 0 Å².